The molecule has 0 saturated heterocycles. The van der Waals surface area contributed by atoms with Crippen LogP contribution in [0.4, 0.5) is 18.9 Å². The molecule has 0 aliphatic heterocycles. The summed E-state index contributed by atoms with van der Waals surface area (Å²) < 4.78 is 44.5. The van der Waals surface area contributed by atoms with Gasteiger partial charge in [-0.1, -0.05) is 11.6 Å². The van der Waals surface area contributed by atoms with Gasteiger partial charge in [-0.25, -0.2) is 4.79 Å². The van der Waals surface area contributed by atoms with Crippen molar-refractivity contribution >= 4 is 23.3 Å². The molecular weight excluding hydrogens is 299 g/mol. The lowest BCUT2D eigenvalue weighted by molar-refractivity contribution is -0.174. The molecule has 1 rings (SSSR count). The number of nitrogen functional groups attached to an aromatic ring is 1. The highest BCUT2D eigenvalue weighted by atomic mass is 35.5. The predicted molar refractivity (Wildman–Crippen MR) is 67.6 cm³/mol. The van der Waals surface area contributed by atoms with E-state index in [2.05, 4.69) is 4.74 Å². The van der Waals surface area contributed by atoms with Crippen LogP contribution in [-0.4, -0.2) is 32.0 Å². The molecule has 0 radical (unpaired) electrons. The van der Waals surface area contributed by atoms with Gasteiger partial charge in [0.15, 0.2) is 0 Å². The zero-order chi connectivity index (χ0) is 15.2. The van der Waals surface area contributed by atoms with E-state index < -0.39 is 18.8 Å². The Morgan fingerprint density at radius 3 is 2.60 bits per heavy atom. The lowest BCUT2D eigenvalue weighted by Crippen LogP contribution is -2.18. The van der Waals surface area contributed by atoms with Gasteiger partial charge in [0.05, 0.1) is 18.8 Å². The number of nitrogens with two attached hydrogens (primary N) is 1. The zero-order valence-electron chi connectivity index (χ0n) is 10.4. The highest BCUT2D eigenvalue weighted by Gasteiger charge is 2.27. The Bertz CT molecular complexity index is 466. The summed E-state index contributed by atoms with van der Waals surface area (Å²) >= 11 is 5.68. The lowest BCUT2D eigenvalue weighted by Gasteiger charge is -2.09. The van der Waals surface area contributed by atoms with Gasteiger partial charge in [0.1, 0.15) is 6.61 Å². The highest BCUT2D eigenvalue weighted by molar-refractivity contribution is 6.31. The van der Waals surface area contributed by atoms with Crippen LogP contribution < -0.4 is 5.73 Å². The first-order valence-corrected chi connectivity index (χ1v) is 6.04. The van der Waals surface area contributed by atoms with Gasteiger partial charge >= 0.3 is 12.1 Å². The van der Waals surface area contributed by atoms with E-state index in [0.29, 0.717) is 5.02 Å². The molecule has 1 aromatic rings. The Kier molecular flexibility index (Phi) is 6.09. The minimum Gasteiger partial charge on any atom is -0.462 e. The van der Waals surface area contributed by atoms with E-state index in [0.717, 1.165) is 0 Å². The second-order valence-corrected chi connectivity index (χ2v) is 4.33. The highest BCUT2D eigenvalue weighted by Crippen LogP contribution is 2.19. The molecule has 0 aliphatic carbocycles. The van der Waals surface area contributed by atoms with Gasteiger partial charge in [0, 0.05) is 17.1 Å². The van der Waals surface area contributed by atoms with Gasteiger partial charge in [-0.05, 0) is 18.2 Å². The summed E-state index contributed by atoms with van der Waals surface area (Å²) in [6, 6.07) is 4.31. The van der Waals surface area contributed by atoms with Crippen molar-refractivity contribution in [3.63, 3.8) is 0 Å². The fraction of sp³-hybridized carbons (Fsp3) is 0.417. The Morgan fingerprint density at radius 2 is 2.00 bits per heavy atom. The molecule has 112 valence electrons. The van der Waals surface area contributed by atoms with Gasteiger partial charge in [0.25, 0.3) is 0 Å². The van der Waals surface area contributed by atoms with Crippen LogP contribution in [0.25, 0.3) is 0 Å². The molecule has 0 fully saturated rings. The van der Waals surface area contributed by atoms with E-state index in [4.69, 9.17) is 22.1 Å². The maximum Gasteiger partial charge on any atom is 0.411 e. The number of esters is 1. The fourth-order valence-corrected chi connectivity index (χ4v) is 1.49. The Hall–Kier alpha value is -1.47. The van der Waals surface area contributed by atoms with Crippen LogP contribution in [0.3, 0.4) is 0 Å². The second-order valence-electron chi connectivity index (χ2n) is 3.89. The van der Waals surface area contributed by atoms with E-state index in [1.165, 1.54) is 18.2 Å². The van der Waals surface area contributed by atoms with Gasteiger partial charge in [-0.15, -0.1) is 0 Å². The van der Waals surface area contributed by atoms with Crippen LogP contribution in [0.15, 0.2) is 18.2 Å². The molecule has 20 heavy (non-hydrogen) atoms. The standard InChI is InChI=1S/C12H13ClF3NO3/c13-8-2-3-9(10(17)6-8)11(18)20-5-1-4-19-7-12(14,15)16/h2-3,6H,1,4-5,7,17H2. The van der Waals surface area contributed by atoms with Crippen molar-refractivity contribution in [1.29, 1.82) is 0 Å². The third-order valence-corrected chi connectivity index (χ3v) is 2.40. The van der Waals surface area contributed by atoms with Crippen LogP contribution in [0, 0.1) is 0 Å². The minimum absolute atomic E-state index is 0.0568. The number of rotatable bonds is 6. The Labute approximate surface area is 118 Å². The van der Waals surface area contributed by atoms with Crippen molar-refractivity contribution in [2.24, 2.45) is 0 Å². The maximum absolute atomic E-state index is 11.8. The van der Waals surface area contributed by atoms with E-state index >= 15 is 0 Å². The molecule has 4 nitrogen and oxygen atoms in total. The summed E-state index contributed by atoms with van der Waals surface area (Å²) in [7, 11) is 0. The number of hydrogen-bond acceptors (Lipinski definition) is 4. The minimum atomic E-state index is -4.35. The molecule has 0 bridgehead atoms. The van der Waals surface area contributed by atoms with Crippen molar-refractivity contribution in [1.82, 2.24) is 0 Å². The summed E-state index contributed by atoms with van der Waals surface area (Å²) in [4.78, 5) is 11.6. The van der Waals surface area contributed by atoms with E-state index in [-0.39, 0.29) is 30.9 Å². The number of hydrogen-bond donors (Lipinski definition) is 1. The van der Waals surface area contributed by atoms with Gasteiger partial charge in [0.2, 0.25) is 0 Å². The molecule has 2 N–H and O–H groups in total. The first-order valence-electron chi connectivity index (χ1n) is 5.66. The number of alkyl halides is 3. The van der Waals surface area contributed by atoms with Crippen LogP contribution in [0.1, 0.15) is 16.8 Å². The molecule has 0 spiro atoms. The topological polar surface area (TPSA) is 61.6 Å². The first-order chi connectivity index (χ1) is 9.29. The summed E-state index contributed by atoms with van der Waals surface area (Å²) in [5.41, 5.74) is 5.92. The fourth-order valence-electron chi connectivity index (χ4n) is 1.31. The van der Waals surface area contributed by atoms with Gasteiger partial charge in [-0.2, -0.15) is 13.2 Å². The van der Waals surface area contributed by atoms with Gasteiger partial charge < -0.3 is 15.2 Å². The molecule has 8 heteroatoms. The summed E-state index contributed by atoms with van der Waals surface area (Å²) in [5.74, 6) is -0.657. The summed E-state index contributed by atoms with van der Waals surface area (Å²) in [6.07, 6.45) is -4.19. The molecule has 0 aliphatic rings. The third kappa shape index (κ3) is 6.12. The average molecular weight is 312 g/mol. The van der Waals surface area contributed by atoms with Crippen molar-refractivity contribution < 1.29 is 27.4 Å². The van der Waals surface area contributed by atoms with Crippen LogP contribution in [0.2, 0.25) is 5.02 Å². The van der Waals surface area contributed by atoms with Crippen LogP contribution in [-0.2, 0) is 9.47 Å². The van der Waals surface area contributed by atoms with Crippen molar-refractivity contribution in [2.75, 3.05) is 25.6 Å². The van der Waals surface area contributed by atoms with Crippen LogP contribution in [0.5, 0.6) is 0 Å². The van der Waals surface area contributed by atoms with Gasteiger partial charge in [-0.3, -0.25) is 0 Å². The molecule has 0 unspecified atom stereocenters. The molecule has 0 saturated carbocycles. The molecule has 0 heterocycles. The number of carbonyl (C=O) groups is 1. The lowest BCUT2D eigenvalue weighted by atomic mass is 10.2. The van der Waals surface area contributed by atoms with Crippen molar-refractivity contribution in [3.8, 4) is 0 Å². The van der Waals surface area contributed by atoms with E-state index in [1.54, 1.807) is 0 Å². The number of benzene rings is 1. The molecule has 0 amide bonds. The zero-order valence-corrected chi connectivity index (χ0v) is 11.1. The first kappa shape index (κ1) is 16.6. The smallest absolute Gasteiger partial charge is 0.411 e. The maximum atomic E-state index is 11.8. The average Bonchev–Trinajstić information content (AvgIpc) is 2.32. The Balaban J connectivity index is 2.27. The normalized spacial score (nSPS) is 11.4. The Morgan fingerprint density at radius 1 is 1.30 bits per heavy atom. The molecule has 1 aromatic carbocycles. The molecule has 0 atom stereocenters. The third-order valence-electron chi connectivity index (χ3n) is 2.17. The van der Waals surface area contributed by atoms with Crippen molar-refractivity contribution in [3.05, 3.63) is 28.8 Å². The molecular formula is C12H13ClF3NO3. The quantitative estimate of drug-likeness (QED) is 0.498. The van der Waals surface area contributed by atoms with Crippen LogP contribution >= 0.6 is 11.6 Å². The molecule has 0 aromatic heterocycles. The monoisotopic (exact) mass is 311 g/mol. The number of halogens is 4. The predicted octanol–water partition coefficient (Wildman–Crippen LogP) is 3.05. The number of carbonyl (C=O) groups excluding carboxylic acids is 1. The summed E-state index contributed by atoms with van der Waals surface area (Å²) in [5, 5.41) is 0.389. The largest absolute Gasteiger partial charge is 0.462 e. The second kappa shape index (κ2) is 7.35. The van der Waals surface area contributed by atoms with Crippen molar-refractivity contribution in [2.45, 2.75) is 12.6 Å². The number of ether oxygens (including phenoxy) is 2. The van der Waals surface area contributed by atoms with E-state index in [1.807, 2.05) is 0 Å². The van der Waals surface area contributed by atoms with E-state index in [9.17, 15) is 18.0 Å². The SMILES string of the molecule is Nc1cc(Cl)ccc1C(=O)OCCCOCC(F)(F)F. The summed E-state index contributed by atoms with van der Waals surface area (Å²) in [6.45, 7) is -1.52. The number of anilines is 1.